The van der Waals surface area contributed by atoms with Gasteiger partial charge < -0.3 is 21.1 Å². The summed E-state index contributed by atoms with van der Waals surface area (Å²) in [5.74, 6) is -1.63. The standard InChI is InChI=1S/C27H35N5O6S/c1-19(28)29-16-6-5-11-25(33)30-21-14-12-20(13-15-21)18-23(27(35)36)31-26(34)24-10-7-17-32(24)39(37,38)22-8-3-2-4-9-22/h2-4,8-9,12-15,23-24H,5-7,10-11,16-18H2,1H3,(H2,28,29)(H,30,33)(H,31,34)(H,35,36). The number of amidine groups is 1. The predicted molar refractivity (Wildman–Crippen MR) is 147 cm³/mol. The molecule has 2 amide bonds. The number of rotatable bonds is 13. The molecule has 0 saturated carbocycles. The first kappa shape index (κ1) is 29.8. The molecule has 2 aromatic carbocycles. The summed E-state index contributed by atoms with van der Waals surface area (Å²) in [6, 6.07) is 12.3. The van der Waals surface area contributed by atoms with Gasteiger partial charge in [-0.1, -0.05) is 30.3 Å². The third-order valence-corrected chi connectivity index (χ3v) is 8.29. The molecule has 1 aliphatic heterocycles. The van der Waals surface area contributed by atoms with Crippen molar-refractivity contribution in [3.8, 4) is 0 Å². The summed E-state index contributed by atoms with van der Waals surface area (Å²) in [7, 11) is -3.90. The molecule has 2 aromatic rings. The number of nitrogens with one attached hydrogen (secondary N) is 4. The quantitative estimate of drug-likeness (QED) is 0.143. The molecule has 12 heteroatoms. The minimum atomic E-state index is -3.90. The van der Waals surface area contributed by atoms with E-state index in [1.54, 1.807) is 49.4 Å². The number of carbonyl (C=O) groups is 3. The number of benzene rings is 2. The third-order valence-electron chi connectivity index (χ3n) is 6.37. The average Bonchev–Trinajstić information content (AvgIpc) is 3.41. The van der Waals surface area contributed by atoms with Gasteiger partial charge in [0, 0.05) is 31.6 Å². The fourth-order valence-corrected chi connectivity index (χ4v) is 6.03. The van der Waals surface area contributed by atoms with E-state index in [2.05, 4.69) is 16.0 Å². The molecule has 0 aliphatic carbocycles. The van der Waals surface area contributed by atoms with Crippen molar-refractivity contribution in [2.75, 3.05) is 18.4 Å². The van der Waals surface area contributed by atoms with Crippen LogP contribution in [0.2, 0.25) is 0 Å². The average molecular weight is 558 g/mol. The van der Waals surface area contributed by atoms with Gasteiger partial charge in [0.15, 0.2) is 0 Å². The lowest BCUT2D eigenvalue weighted by Crippen LogP contribution is -2.51. The van der Waals surface area contributed by atoms with Crippen molar-refractivity contribution in [2.45, 2.75) is 62.4 Å². The molecule has 0 radical (unpaired) electrons. The van der Waals surface area contributed by atoms with Crippen LogP contribution in [0.1, 0.15) is 44.6 Å². The number of carboxylic acid groups (broad SMARTS) is 1. The van der Waals surface area contributed by atoms with Crippen molar-refractivity contribution in [1.29, 1.82) is 5.41 Å². The second-order valence-corrected chi connectivity index (χ2v) is 11.3. The van der Waals surface area contributed by atoms with E-state index in [1.165, 1.54) is 12.1 Å². The Bertz CT molecular complexity index is 1270. The van der Waals surface area contributed by atoms with E-state index in [0.717, 1.165) is 10.7 Å². The van der Waals surface area contributed by atoms with Crippen LogP contribution in [0.15, 0.2) is 59.5 Å². The topological polar surface area (TPSA) is 169 Å². The molecule has 1 saturated heterocycles. The van der Waals surface area contributed by atoms with E-state index < -0.39 is 34.0 Å². The molecule has 2 atom stereocenters. The maximum Gasteiger partial charge on any atom is 0.326 e. The van der Waals surface area contributed by atoms with Crippen LogP contribution in [0.25, 0.3) is 0 Å². The van der Waals surface area contributed by atoms with Gasteiger partial charge in [0.2, 0.25) is 21.8 Å². The number of hydrogen-bond donors (Lipinski definition) is 5. The van der Waals surface area contributed by atoms with Crippen molar-refractivity contribution in [1.82, 2.24) is 14.9 Å². The highest BCUT2D eigenvalue weighted by molar-refractivity contribution is 7.89. The Kier molecular flexibility index (Phi) is 10.6. The Labute approximate surface area is 228 Å². The molecule has 11 nitrogen and oxygen atoms in total. The van der Waals surface area contributed by atoms with Crippen LogP contribution < -0.4 is 16.0 Å². The minimum Gasteiger partial charge on any atom is -0.480 e. The molecule has 1 fully saturated rings. The normalized spacial score (nSPS) is 16.3. The van der Waals surface area contributed by atoms with Crippen LogP contribution in [-0.2, 0) is 30.8 Å². The number of carbonyl (C=O) groups excluding carboxylic acids is 2. The summed E-state index contributed by atoms with van der Waals surface area (Å²) >= 11 is 0. The number of amides is 2. The largest absolute Gasteiger partial charge is 0.480 e. The van der Waals surface area contributed by atoms with Gasteiger partial charge in [-0.25, -0.2) is 13.2 Å². The van der Waals surface area contributed by atoms with Crippen molar-refractivity contribution >= 4 is 39.3 Å². The molecule has 1 heterocycles. The number of nitrogens with zero attached hydrogens (tertiary/aromatic N) is 1. The summed E-state index contributed by atoms with van der Waals surface area (Å²) < 4.78 is 27.3. The van der Waals surface area contributed by atoms with Gasteiger partial charge in [-0.3, -0.25) is 15.0 Å². The Hall–Kier alpha value is -3.77. The molecule has 0 spiro atoms. The highest BCUT2D eigenvalue weighted by Gasteiger charge is 2.40. The Morgan fingerprint density at radius 1 is 1.08 bits per heavy atom. The van der Waals surface area contributed by atoms with Crippen molar-refractivity contribution in [3.05, 3.63) is 60.2 Å². The Morgan fingerprint density at radius 3 is 2.41 bits per heavy atom. The van der Waals surface area contributed by atoms with Crippen molar-refractivity contribution in [3.63, 3.8) is 0 Å². The van der Waals surface area contributed by atoms with Gasteiger partial charge in [0.1, 0.15) is 12.1 Å². The van der Waals surface area contributed by atoms with Gasteiger partial charge >= 0.3 is 5.97 Å². The van der Waals surface area contributed by atoms with Crippen LogP contribution in [0.4, 0.5) is 5.69 Å². The smallest absolute Gasteiger partial charge is 0.326 e. The minimum absolute atomic E-state index is 0.00705. The molecule has 39 heavy (non-hydrogen) atoms. The van der Waals surface area contributed by atoms with E-state index >= 15 is 0 Å². The van der Waals surface area contributed by atoms with Gasteiger partial charge in [0.05, 0.1) is 10.7 Å². The van der Waals surface area contributed by atoms with E-state index in [0.29, 0.717) is 49.3 Å². The van der Waals surface area contributed by atoms with E-state index in [4.69, 9.17) is 5.41 Å². The SMILES string of the molecule is CC(=N)NCCCCC(=O)Nc1ccc(CC(NC(=O)C2CCCN2S(=O)(=O)c2ccccc2)C(=O)O)cc1. The molecule has 0 bridgehead atoms. The number of carboxylic acids is 1. The van der Waals surface area contributed by atoms with Crippen LogP contribution in [0.5, 0.6) is 0 Å². The van der Waals surface area contributed by atoms with Crippen molar-refractivity contribution in [2.24, 2.45) is 0 Å². The maximum atomic E-state index is 13.1. The van der Waals surface area contributed by atoms with Crippen LogP contribution in [0.3, 0.4) is 0 Å². The zero-order valence-electron chi connectivity index (χ0n) is 21.9. The Balaban J connectivity index is 1.55. The molecule has 1 aliphatic rings. The molecule has 3 rings (SSSR count). The first-order valence-corrected chi connectivity index (χ1v) is 14.3. The maximum absolute atomic E-state index is 13.1. The molecular formula is C27H35N5O6S. The lowest BCUT2D eigenvalue weighted by atomic mass is 10.0. The molecule has 0 aromatic heterocycles. The predicted octanol–water partition coefficient (Wildman–Crippen LogP) is 2.35. The van der Waals surface area contributed by atoms with Crippen LogP contribution in [0, 0.1) is 5.41 Å². The van der Waals surface area contributed by atoms with Gasteiger partial charge in [-0.15, -0.1) is 0 Å². The number of anilines is 1. The fourth-order valence-electron chi connectivity index (χ4n) is 4.36. The fraction of sp³-hybridized carbons (Fsp3) is 0.407. The lowest BCUT2D eigenvalue weighted by Gasteiger charge is -2.25. The van der Waals surface area contributed by atoms with E-state index in [9.17, 15) is 27.9 Å². The van der Waals surface area contributed by atoms with E-state index in [1.807, 2.05) is 0 Å². The van der Waals surface area contributed by atoms with Gasteiger partial charge in [0.25, 0.3) is 0 Å². The second-order valence-electron chi connectivity index (χ2n) is 9.44. The summed E-state index contributed by atoms with van der Waals surface area (Å²) in [5.41, 5.74) is 1.20. The summed E-state index contributed by atoms with van der Waals surface area (Å²) in [5, 5.41) is 25.3. The Morgan fingerprint density at radius 2 is 1.77 bits per heavy atom. The monoisotopic (exact) mass is 557 g/mol. The third kappa shape index (κ3) is 8.62. The molecule has 210 valence electrons. The zero-order chi connectivity index (χ0) is 28.4. The molecular weight excluding hydrogens is 522 g/mol. The lowest BCUT2D eigenvalue weighted by molar-refractivity contribution is -0.142. The van der Waals surface area contributed by atoms with Gasteiger partial charge in [-0.05, 0) is 62.4 Å². The summed E-state index contributed by atoms with van der Waals surface area (Å²) in [6.07, 6.45) is 2.57. The highest BCUT2D eigenvalue weighted by Crippen LogP contribution is 2.26. The summed E-state index contributed by atoms with van der Waals surface area (Å²) in [6.45, 7) is 2.48. The second kappa shape index (κ2) is 13.9. The summed E-state index contributed by atoms with van der Waals surface area (Å²) in [4.78, 5) is 37.2. The first-order valence-electron chi connectivity index (χ1n) is 12.9. The van der Waals surface area contributed by atoms with Gasteiger partial charge in [-0.2, -0.15) is 4.31 Å². The van der Waals surface area contributed by atoms with Crippen molar-refractivity contribution < 1.29 is 27.9 Å². The highest BCUT2D eigenvalue weighted by atomic mass is 32.2. The van der Waals surface area contributed by atoms with Crippen LogP contribution >= 0.6 is 0 Å². The number of aliphatic carboxylic acids is 1. The number of hydrogen-bond acceptors (Lipinski definition) is 6. The zero-order valence-corrected chi connectivity index (χ0v) is 22.7. The number of sulfonamides is 1. The number of unbranched alkanes of at least 4 members (excludes halogenated alkanes) is 1. The first-order chi connectivity index (χ1) is 18.6. The molecule has 2 unspecified atom stereocenters. The van der Waals surface area contributed by atoms with Crippen LogP contribution in [-0.4, -0.2) is 66.6 Å². The molecule has 5 N–H and O–H groups in total. The van der Waals surface area contributed by atoms with E-state index in [-0.39, 0.29) is 23.8 Å².